The van der Waals surface area contributed by atoms with Crippen molar-refractivity contribution in [2.24, 2.45) is 11.3 Å². The van der Waals surface area contributed by atoms with Crippen molar-refractivity contribution in [3.63, 3.8) is 0 Å². The van der Waals surface area contributed by atoms with Crippen LogP contribution in [0, 0.1) is 11.3 Å². The number of rotatable bonds is 6. The number of hydrogen-bond acceptors (Lipinski definition) is 4. The maximum Gasteiger partial charge on any atom is 0.243 e. The van der Waals surface area contributed by atoms with E-state index in [1.54, 1.807) is 24.3 Å². The molecule has 0 unspecified atom stereocenters. The summed E-state index contributed by atoms with van der Waals surface area (Å²) in [6.45, 7) is 9.98. The lowest BCUT2D eigenvalue weighted by Crippen LogP contribution is -2.44. The Morgan fingerprint density at radius 3 is 2.27 bits per heavy atom. The third kappa shape index (κ3) is 5.45. The monoisotopic (exact) mass is 382 g/mol. The Morgan fingerprint density at radius 1 is 1.19 bits per heavy atom. The molecule has 0 radical (unpaired) electrons. The highest BCUT2D eigenvalue weighted by atomic mass is 32.2. The number of nitrogens with one attached hydrogen (secondary N) is 1. The van der Waals surface area contributed by atoms with Crippen LogP contribution in [0.3, 0.4) is 0 Å². The first-order chi connectivity index (χ1) is 12.1. The molecular weight excluding hydrogens is 352 g/mol. The van der Waals surface area contributed by atoms with Gasteiger partial charge < -0.3 is 10.1 Å². The Hall–Kier alpha value is -1.60. The number of benzene rings is 1. The molecule has 0 saturated carbocycles. The molecule has 26 heavy (non-hydrogen) atoms. The van der Waals surface area contributed by atoms with E-state index in [0.717, 1.165) is 0 Å². The van der Waals surface area contributed by atoms with Crippen LogP contribution >= 0.6 is 0 Å². The van der Waals surface area contributed by atoms with Crippen LogP contribution in [0.5, 0.6) is 5.75 Å². The van der Waals surface area contributed by atoms with Crippen molar-refractivity contribution in [2.45, 2.75) is 45.4 Å². The van der Waals surface area contributed by atoms with Crippen LogP contribution in [-0.2, 0) is 14.8 Å². The summed E-state index contributed by atoms with van der Waals surface area (Å²) in [7, 11) is -3.53. The second kappa shape index (κ2) is 8.39. The number of hydrogen-bond donors (Lipinski definition) is 1. The Balaban J connectivity index is 1.94. The van der Waals surface area contributed by atoms with Gasteiger partial charge in [0.1, 0.15) is 5.75 Å². The fourth-order valence-electron chi connectivity index (χ4n) is 2.88. The van der Waals surface area contributed by atoms with E-state index in [1.807, 2.05) is 6.92 Å². The van der Waals surface area contributed by atoms with Crippen LogP contribution in [0.4, 0.5) is 0 Å². The molecule has 6 nitrogen and oxygen atoms in total. The highest BCUT2D eigenvalue weighted by molar-refractivity contribution is 7.89. The van der Waals surface area contributed by atoms with E-state index in [1.165, 1.54) is 4.31 Å². The first-order valence-corrected chi connectivity index (χ1v) is 10.6. The van der Waals surface area contributed by atoms with Crippen LogP contribution < -0.4 is 10.1 Å². The molecule has 0 atom stereocenters. The van der Waals surface area contributed by atoms with E-state index in [0.29, 0.717) is 44.8 Å². The molecule has 0 spiro atoms. The van der Waals surface area contributed by atoms with Gasteiger partial charge in [-0.1, -0.05) is 20.8 Å². The zero-order valence-corrected chi connectivity index (χ0v) is 16.9. The quantitative estimate of drug-likeness (QED) is 0.821. The van der Waals surface area contributed by atoms with Crippen molar-refractivity contribution in [3.8, 4) is 5.75 Å². The Morgan fingerprint density at radius 2 is 1.77 bits per heavy atom. The molecule has 1 aromatic rings. The molecule has 1 saturated heterocycles. The first-order valence-electron chi connectivity index (χ1n) is 9.14. The molecular formula is C19H30N2O4S. The molecule has 1 aliphatic heterocycles. The Kier molecular flexibility index (Phi) is 6.69. The molecule has 0 bridgehead atoms. The second-order valence-corrected chi connectivity index (χ2v) is 9.80. The van der Waals surface area contributed by atoms with Gasteiger partial charge in [-0.05, 0) is 49.4 Å². The van der Waals surface area contributed by atoms with Gasteiger partial charge in [-0.25, -0.2) is 8.42 Å². The van der Waals surface area contributed by atoms with Crippen LogP contribution in [0.25, 0.3) is 0 Å². The summed E-state index contributed by atoms with van der Waals surface area (Å²) in [4.78, 5) is 12.5. The number of nitrogens with zero attached hydrogens (tertiary/aromatic N) is 1. The summed E-state index contributed by atoms with van der Waals surface area (Å²) in [5, 5.41) is 2.97. The van der Waals surface area contributed by atoms with Crippen molar-refractivity contribution < 1.29 is 17.9 Å². The lowest BCUT2D eigenvalue weighted by Gasteiger charge is -2.31. The predicted octanol–water partition coefficient (Wildman–Crippen LogP) is 2.65. The minimum absolute atomic E-state index is 0.0260. The third-order valence-electron chi connectivity index (χ3n) is 4.39. The molecule has 7 heteroatoms. The number of piperidine rings is 1. The van der Waals surface area contributed by atoms with Crippen molar-refractivity contribution in [3.05, 3.63) is 24.3 Å². The van der Waals surface area contributed by atoms with E-state index in [4.69, 9.17) is 4.74 Å². The van der Waals surface area contributed by atoms with Gasteiger partial charge in [0.05, 0.1) is 11.5 Å². The molecule has 1 aliphatic rings. The van der Waals surface area contributed by atoms with E-state index in [2.05, 4.69) is 26.1 Å². The fourth-order valence-corrected chi connectivity index (χ4v) is 4.35. The predicted molar refractivity (Wildman–Crippen MR) is 102 cm³/mol. The molecule has 1 N–H and O–H groups in total. The van der Waals surface area contributed by atoms with E-state index in [-0.39, 0.29) is 22.1 Å². The SMILES string of the molecule is CCOc1ccc(S(=O)(=O)N2CCC(C(=O)NCC(C)(C)C)CC2)cc1. The summed E-state index contributed by atoms with van der Waals surface area (Å²) in [6.07, 6.45) is 1.10. The zero-order chi connectivity index (χ0) is 19.4. The summed E-state index contributed by atoms with van der Waals surface area (Å²) >= 11 is 0. The number of amides is 1. The first kappa shape index (κ1) is 20.7. The van der Waals surface area contributed by atoms with Gasteiger partial charge in [0.15, 0.2) is 0 Å². The van der Waals surface area contributed by atoms with E-state index >= 15 is 0 Å². The van der Waals surface area contributed by atoms with Gasteiger partial charge in [-0.15, -0.1) is 0 Å². The largest absolute Gasteiger partial charge is 0.494 e. The molecule has 1 aromatic carbocycles. The van der Waals surface area contributed by atoms with Crippen molar-refractivity contribution in [2.75, 3.05) is 26.2 Å². The van der Waals surface area contributed by atoms with Gasteiger partial charge in [0, 0.05) is 25.6 Å². The number of carbonyl (C=O) groups excluding carboxylic acids is 1. The standard InChI is InChI=1S/C19H30N2O4S/c1-5-25-16-6-8-17(9-7-16)26(23,24)21-12-10-15(11-13-21)18(22)20-14-19(2,3)4/h6-9,15H,5,10-14H2,1-4H3,(H,20,22). The normalized spacial score (nSPS) is 17.1. The molecule has 1 heterocycles. The van der Waals surface area contributed by atoms with Crippen LogP contribution in [0.15, 0.2) is 29.2 Å². The fraction of sp³-hybridized carbons (Fsp3) is 0.632. The van der Waals surface area contributed by atoms with Gasteiger partial charge in [0.2, 0.25) is 15.9 Å². The van der Waals surface area contributed by atoms with Crippen molar-refractivity contribution in [1.29, 1.82) is 0 Å². The summed E-state index contributed by atoms with van der Waals surface area (Å²) in [6, 6.07) is 6.48. The van der Waals surface area contributed by atoms with Gasteiger partial charge >= 0.3 is 0 Å². The van der Waals surface area contributed by atoms with Crippen molar-refractivity contribution >= 4 is 15.9 Å². The smallest absolute Gasteiger partial charge is 0.243 e. The Labute approximate surface area is 157 Å². The average molecular weight is 383 g/mol. The maximum atomic E-state index is 12.8. The highest BCUT2D eigenvalue weighted by Gasteiger charge is 2.32. The van der Waals surface area contributed by atoms with E-state index in [9.17, 15) is 13.2 Å². The third-order valence-corrected chi connectivity index (χ3v) is 6.30. The molecule has 2 rings (SSSR count). The van der Waals surface area contributed by atoms with Gasteiger partial charge in [0.25, 0.3) is 0 Å². The minimum atomic E-state index is -3.53. The summed E-state index contributed by atoms with van der Waals surface area (Å²) in [5.41, 5.74) is 0.0351. The zero-order valence-electron chi connectivity index (χ0n) is 16.1. The lowest BCUT2D eigenvalue weighted by atomic mass is 9.94. The van der Waals surface area contributed by atoms with E-state index < -0.39 is 10.0 Å². The average Bonchev–Trinajstić information content (AvgIpc) is 2.60. The number of carbonyl (C=O) groups is 1. The second-order valence-electron chi connectivity index (χ2n) is 7.86. The van der Waals surface area contributed by atoms with Gasteiger partial charge in [-0.3, -0.25) is 4.79 Å². The number of ether oxygens (including phenoxy) is 1. The highest BCUT2D eigenvalue weighted by Crippen LogP contribution is 2.25. The topological polar surface area (TPSA) is 75.7 Å². The molecule has 0 aliphatic carbocycles. The van der Waals surface area contributed by atoms with Crippen molar-refractivity contribution in [1.82, 2.24) is 9.62 Å². The summed E-state index contributed by atoms with van der Waals surface area (Å²) < 4.78 is 32.4. The summed E-state index contributed by atoms with van der Waals surface area (Å²) in [5.74, 6) is 0.558. The maximum absolute atomic E-state index is 12.8. The molecule has 0 aromatic heterocycles. The molecule has 1 fully saturated rings. The minimum Gasteiger partial charge on any atom is -0.494 e. The lowest BCUT2D eigenvalue weighted by molar-refractivity contribution is -0.126. The molecule has 146 valence electrons. The molecule has 1 amide bonds. The van der Waals surface area contributed by atoms with Gasteiger partial charge in [-0.2, -0.15) is 4.31 Å². The van der Waals surface area contributed by atoms with Crippen LogP contribution in [0.1, 0.15) is 40.5 Å². The van der Waals surface area contributed by atoms with Crippen LogP contribution in [-0.4, -0.2) is 44.9 Å². The Bertz CT molecular complexity index is 700. The van der Waals surface area contributed by atoms with Crippen LogP contribution in [0.2, 0.25) is 0 Å². The number of sulfonamides is 1.